The Morgan fingerprint density at radius 3 is 2.68 bits per heavy atom. The minimum absolute atomic E-state index is 0.00659. The minimum atomic E-state index is -0.848. The molecule has 1 aliphatic heterocycles. The fourth-order valence-electron chi connectivity index (χ4n) is 9.71. The number of oxime groups is 1. The number of alkyl halides is 1. The first-order valence-electron chi connectivity index (χ1n) is 14.7. The van der Waals surface area contributed by atoms with Gasteiger partial charge in [0.2, 0.25) is 0 Å². The van der Waals surface area contributed by atoms with Crippen molar-refractivity contribution in [2.45, 2.75) is 109 Å². The number of likely N-dealkylation sites (N-methyl/N-ethyl adjacent to an activating group) is 1. The Bertz CT molecular complexity index is 1000. The summed E-state index contributed by atoms with van der Waals surface area (Å²) >= 11 is 0. The molecule has 1 amide bonds. The van der Waals surface area contributed by atoms with Crippen LogP contribution in [0.25, 0.3) is 0 Å². The molecule has 4 fully saturated rings. The molecule has 3 N–H and O–H groups in total. The summed E-state index contributed by atoms with van der Waals surface area (Å²) in [6.45, 7) is 10.1. The highest BCUT2D eigenvalue weighted by molar-refractivity contribution is 5.85. The molecule has 1 heterocycles. The van der Waals surface area contributed by atoms with Gasteiger partial charge in [0.25, 0.3) is 0 Å². The summed E-state index contributed by atoms with van der Waals surface area (Å²) in [6.07, 6.45) is 10.3. The number of amides is 1. The van der Waals surface area contributed by atoms with Gasteiger partial charge in [-0.2, -0.15) is 0 Å². The number of halogens is 1. The van der Waals surface area contributed by atoms with Crippen LogP contribution in [0.1, 0.15) is 85.5 Å². The highest BCUT2D eigenvalue weighted by atomic mass is 19.1. The Kier molecular flexibility index (Phi) is 7.26. The van der Waals surface area contributed by atoms with E-state index >= 15 is 0 Å². The number of nitrogens with zero attached hydrogens (tertiary/aromatic N) is 2. The van der Waals surface area contributed by atoms with Crippen LogP contribution >= 0.6 is 0 Å². The molecule has 0 spiro atoms. The highest BCUT2D eigenvalue weighted by Gasteiger charge is 2.69. The number of allylic oxidation sites excluding steroid dienone is 1. The number of carbonyl (C=O) groups excluding carboxylic acids is 1. The van der Waals surface area contributed by atoms with E-state index in [4.69, 9.17) is 15.3 Å². The fourth-order valence-corrected chi connectivity index (χ4v) is 9.71. The van der Waals surface area contributed by atoms with Gasteiger partial charge in [0.05, 0.1) is 11.8 Å². The Hall–Kier alpha value is -1.51. The molecular formula is C30H49FN4O3. The molecule has 0 bridgehead atoms. The first-order chi connectivity index (χ1) is 17.9. The molecule has 214 valence electrons. The molecule has 3 saturated carbocycles. The zero-order chi connectivity index (χ0) is 27.5. The van der Waals surface area contributed by atoms with Crippen molar-refractivity contribution in [2.24, 2.45) is 39.0 Å². The van der Waals surface area contributed by atoms with E-state index in [2.05, 4.69) is 37.3 Å². The van der Waals surface area contributed by atoms with Crippen LogP contribution in [-0.2, 0) is 9.57 Å². The zero-order valence-corrected chi connectivity index (χ0v) is 24.3. The van der Waals surface area contributed by atoms with E-state index in [1.54, 1.807) is 7.05 Å². The number of carbonyl (C=O) groups is 1. The molecule has 8 heteroatoms. The molecule has 0 aromatic carbocycles. The van der Waals surface area contributed by atoms with Gasteiger partial charge >= 0.3 is 6.09 Å². The van der Waals surface area contributed by atoms with Crippen molar-refractivity contribution >= 4 is 11.8 Å². The number of nitrogens with two attached hydrogens (primary N) is 1. The minimum Gasteiger partial charge on any atom is -0.381 e. The molecule has 5 rings (SSSR count). The van der Waals surface area contributed by atoms with Crippen molar-refractivity contribution in [1.82, 2.24) is 10.2 Å². The lowest BCUT2D eigenvalue weighted by Gasteiger charge is -2.68. The molecule has 0 aromatic heterocycles. The zero-order valence-electron chi connectivity index (χ0n) is 24.3. The van der Waals surface area contributed by atoms with Crippen LogP contribution in [0.4, 0.5) is 9.18 Å². The average Bonchev–Trinajstić information content (AvgIpc) is 3.46. The summed E-state index contributed by atoms with van der Waals surface area (Å²) < 4.78 is 19.2. The second-order valence-corrected chi connectivity index (χ2v) is 13.9. The maximum Gasteiger partial charge on any atom is 0.435 e. The van der Waals surface area contributed by atoms with Gasteiger partial charge in [0.1, 0.15) is 6.17 Å². The van der Waals surface area contributed by atoms with E-state index in [0.717, 1.165) is 57.1 Å². The Labute approximate surface area is 228 Å². The largest absolute Gasteiger partial charge is 0.435 e. The second kappa shape index (κ2) is 9.84. The van der Waals surface area contributed by atoms with Crippen LogP contribution in [0.2, 0.25) is 0 Å². The van der Waals surface area contributed by atoms with Gasteiger partial charge < -0.3 is 20.7 Å². The normalized spacial score (nSPS) is 46.6. The first-order valence-corrected chi connectivity index (χ1v) is 14.7. The second-order valence-electron chi connectivity index (χ2n) is 13.9. The molecule has 0 radical (unpaired) electrons. The lowest BCUT2D eigenvalue weighted by molar-refractivity contribution is -0.124. The van der Waals surface area contributed by atoms with Gasteiger partial charge in [-0.1, -0.05) is 37.6 Å². The predicted molar refractivity (Wildman–Crippen MR) is 148 cm³/mol. The fraction of sp³-hybridized carbons (Fsp3) is 0.867. The van der Waals surface area contributed by atoms with Gasteiger partial charge in [0, 0.05) is 50.2 Å². The van der Waals surface area contributed by atoms with Crippen LogP contribution in [-0.4, -0.2) is 67.8 Å². The van der Waals surface area contributed by atoms with E-state index in [-0.39, 0.29) is 33.7 Å². The molecule has 38 heavy (non-hydrogen) atoms. The van der Waals surface area contributed by atoms with Gasteiger partial charge in [-0.05, 0) is 81.5 Å². The van der Waals surface area contributed by atoms with Crippen molar-refractivity contribution in [1.29, 1.82) is 0 Å². The van der Waals surface area contributed by atoms with Gasteiger partial charge in [-0.15, -0.1) is 0 Å². The van der Waals surface area contributed by atoms with Crippen LogP contribution in [0, 0.1) is 28.1 Å². The predicted octanol–water partition coefficient (Wildman–Crippen LogP) is 5.20. The molecule has 2 unspecified atom stereocenters. The number of hydrogen-bond donors (Lipinski definition) is 2. The summed E-state index contributed by atoms with van der Waals surface area (Å²) in [5.41, 5.74) is 9.85. The van der Waals surface area contributed by atoms with Gasteiger partial charge in [-0.25, -0.2) is 9.18 Å². The number of hydrogen-bond acceptors (Lipinski definition) is 6. The monoisotopic (exact) mass is 532 g/mol. The lowest BCUT2D eigenvalue weighted by atomic mass is 9.38. The molecule has 5 aliphatic rings. The van der Waals surface area contributed by atoms with E-state index < -0.39 is 12.3 Å². The SMILES string of the molecule is CO[C@H]1CC[C@@]2(C)C(=CC[C@@]3(C)[C@@H]4CC[C@H](/C(C)=N/OC(=O)N(C)CC5CC(F)CN5)[C@@]4(C)CC[C@]23N)C1. The maximum atomic E-state index is 13.5. The molecular weight excluding hydrogens is 483 g/mol. The van der Waals surface area contributed by atoms with Crippen LogP contribution in [0.5, 0.6) is 0 Å². The van der Waals surface area contributed by atoms with Crippen LogP contribution in [0.3, 0.4) is 0 Å². The molecule has 1 saturated heterocycles. The van der Waals surface area contributed by atoms with Crippen LogP contribution < -0.4 is 11.1 Å². The highest BCUT2D eigenvalue weighted by Crippen LogP contribution is 2.72. The molecule has 4 aliphatic carbocycles. The Morgan fingerprint density at radius 1 is 1.24 bits per heavy atom. The van der Waals surface area contributed by atoms with Crippen molar-refractivity contribution in [2.75, 3.05) is 27.2 Å². The van der Waals surface area contributed by atoms with Gasteiger partial charge in [-0.3, -0.25) is 4.84 Å². The van der Waals surface area contributed by atoms with Crippen molar-refractivity contribution in [3.05, 3.63) is 11.6 Å². The summed E-state index contributed by atoms with van der Waals surface area (Å²) in [6, 6.07) is -0.0434. The maximum absolute atomic E-state index is 13.5. The molecule has 9 atom stereocenters. The van der Waals surface area contributed by atoms with E-state index in [9.17, 15) is 9.18 Å². The van der Waals surface area contributed by atoms with E-state index in [1.807, 2.05) is 14.0 Å². The summed E-state index contributed by atoms with van der Waals surface area (Å²) in [5, 5.41) is 7.48. The number of rotatable bonds is 5. The van der Waals surface area contributed by atoms with Gasteiger partial charge in [0.15, 0.2) is 0 Å². The third-order valence-electron chi connectivity index (χ3n) is 12.1. The summed E-state index contributed by atoms with van der Waals surface area (Å²) in [5.74, 6) is 0.748. The summed E-state index contributed by atoms with van der Waals surface area (Å²) in [7, 11) is 3.51. The van der Waals surface area contributed by atoms with Crippen molar-refractivity contribution in [3.8, 4) is 0 Å². The smallest absolute Gasteiger partial charge is 0.381 e. The quantitative estimate of drug-likeness (QED) is 0.220. The average molecular weight is 533 g/mol. The Morgan fingerprint density at radius 2 is 2.00 bits per heavy atom. The third kappa shape index (κ3) is 4.15. The van der Waals surface area contributed by atoms with Crippen molar-refractivity contribution < 1.29 is 18.8 Å². The number of ether oxygens (including phenoxy) is 1. The van der Waals surface area contributed by atoms with E-state index in [1.165, 1.54) is 10.5 Å². The molecule has 0 aromatic rings. The Balaban J connectivity index is 1.30. The third-order valence-corrected chi connectivity index (χ3v) is 12.1. The van der Waals surface area contributed by atoms with Crippen molar-refractivity contribution in [3.63, 3.8) is 0 Å². The first kappa shape index (κ1) is 28.0. The number of fused-ring (bicyclic) bond motifs is 5. The summed E-state index contributed by atoms with van der Waals surface area (Å²) in [4.78, 5) is 19.5. The number of nitrogens with one attached hydrogen (secondary N) is 1. The van der Waals surface area contributed by atoms with E-state index in [0.29, 0.717) is 31.5 Å². The standard InChI is InChI=1S/C30H49FN4O3/c1-19(34-38-26(36)35(5)18-22-16-21(31)17-33-22)24-7-8-25-27(24,2)13-14-30(32)28(3)12-10-23(37-6)15-20(28)9-11-29(25,30)4/h9,21-25,33H,7-8,10-18,32H2,1-6H3/b34-19+/t21?,22?,23-,24+,25+,27+,28-,29-,30-/m0/s1. The topological polar surface area (TPSA) is 89.2 Å². The van der Waals surface area contributed by atoms with Crippen LogP contribution in [0.15, 0.2) is 16.8 Å². The lowest BCUT2D eigenvalue weighted by Crippen LogP contribution is -2.72. The number of methoxy groups -OCH3 is 1. The molecule has 7 nitrogen and oxygen atoms in total.